The second-order valence-corrected chi connectivity index (χ2v) is 9.24. The molecule has 2 amide bonds. The lowest BCUT2D eigenvalue weighted by atomic mass is 10.1. The van der Waals surface area contributed by atoms with Gasteiger partial charge in [0, 0.05) is 17.1 Å². The molecule has 0 aliphatic heterocycles. The molecule has 168 valence electrons. The highest BCUT2D eigenvalue weighted by Gasteiger charge is 2.31. The van der Waals surface area contributed by atoms with Crippen LogP contribution in [0, 0.1) is 13.8 Å². The van der Waals surface area contributed by atoms with Crippen LogP contribution in [0.1, 0.15) is 50.8 Å². The van der Waals surface area contributed by atoms with E-state index in [1.807, 2.05) is 77.9 Å². The van der Waals surface area contributed by atoms with Crippen molar-refractivity contribution in [2.24, 2.45) is 0 Å². The SMILES string of the molecule is CC[C@@H](C(=O)NC(C)(C)C)N(Cc1ccccc1Cl)C(=O)COc1cc(C)ccc1C. The largest absolute Gasteiger partial charge is 0.483 e. The fourth-order valence-corrected chi connectivity index (χ4v) is 3.46. The molecule has 0 aliphatic rings. The third-order valence-corrected chi connectivity index (χ3v) is 5.25. The van der Waals surface area contributed by atoms with Crippen LogP contribution >= 0.6 is 11.6 Å². The Bertz CT molecular complexity index is 921. The number of carbonyl (C=O) groups excluding carboxylic acids is 2. The summed E-state index contributed by atoms with van der Waals surface area (Å²) in [5.74, 6) is 0.206. The van der Waals surface area contributed by atoms with Gasteiger partial charge >= 0.3 is 0 Å². The zero-order chi connectivity index (χ0) is 23.2. The average molecular weight is 445 g/mol. The lowest BCUT2D eigenvalue weighted by molar-refractivity contribution is -0.143. The van der Waals surface area contributed by atoms with Gasteiger partial charge in [0.1, 0.15) is 11.8 Å². The van der Waals surface area contributed by atoms with Crippen LogP contribution in [0.5, 0.6) is 5.75 Å². The number of nitrogens with zero attached hydrogens (tertiary/aromatic N) is 1. The maximum absolute atomic E-state index is 13.3. The number of hydrogen-bond donors (Lipinski definition) is 1. The molecule has 0 saturated heterocycles. The topological polar surface area (TPSA) is 58.6 Å². The van der Waals surface area contributed by atoms with Crippen molar-refractivity contribution >= 4 is 23.4 Å². The van der Waals surface area contributed by atoms with Crippen molar-refractivity contribution in [1.29, 1.82) is 0 Å². The Balaban J connectivity index is 2.28. The summed E-state index contributed by atoms with van der Waals surface area (Å²) in [6.07, 6.45) is 0.474. The minimum absolute atomic E-state index is 0.159. The van der Waals surface area contributed by atoms with Crippen LogP contribution in [0.15, 0.2) is 42.5 Å². The Morgan fingerprint density at radius 3 is 2.42 bits per heavy atom. The molecule has 0 saturated carbocycles. The molecule has 2 rings (SSSR count). The normalized spacial score (nSPS) is 12.2. The predicted octanol–water partition coefficient (Wildman–Crippen LogP) is 5.06. The van der Waals surface area contributed by atoms with Crippen LogP contribution in [0.4, 0.5) is 0 Å². The molecule has 0 unspecified atom stereocenters. The van der Waals surface area contributed by atoms with Crippen LogP contribution in [0.3, 0.4) is 0 Å². The molecule has 0 bridgehead atoms. The Labute approximate surface area is 190 Å². The van der Waals surface area contributed by atoms with Gasteiger partial charge in [0.2, 0.25) is 5.91 Å². The first-order chi connectivity index (χ1) is 14.5. The summed E-state index contributed by atoms with van der Waals surface area (Å²) < 4.78 is 5.85. The van der Waals surface area contributed by atoms with Crippen molar-refractivity contribution in [3.05, 3.63) is 64.2 Å². The number of carbonyl (C=O) groups is 2. The number of amides is 2. The van der Waals surface area contributed by atoms with Crippen LogP contribution in [-0.2, 0) is 16.1 Å². The zero-order valence-electron chi connectivity index (χ0n) is 19.3. The van der Waals surface area contributed by atoms with Gasteiger partial charge in [-0.2, -0.15) is 0 Å². The van der Waals surface area contributed by atoms with Gasteiger partial charge in [0.25, 0.3) is 5.91 Å². The molecule has 0 aromatic heterocycles. The minimum atomic E-state index is -0.634. The molecule has 0 spiro atoms. The molecule has 2 aromatic rings. The first-order valence-electron chi connectivity index (χ1n) is 10.6. The number of rotatable bonds is 8. The molecule has 1 N–H and O–H groups in total. The monoisotopic (exact) mass is 444 g/mol. The van der Waals surface area contributed by atoms with Crippen LogP contribution < -0.4 is 10.1 Å². The van der Waals surface area contributed by atoms with Crippen molar-refractivity contribution < 1.29 is 14.3 Å². The van der Waals surface area contributed by atoms with Gasteiger partial charge in [0.05, 0.1) is 0 Å². The molecule has 31 heavy (non-hydrogen) atoms. The van der Waals surface area contributed by atoms with E-state index in [1.54, 1.807) is 11.0 Å². The first kappa shape index (κ1) is 24.7. The van der Waals surface area contributed by atoms with Gasteiger partial charge in [-0.3, -0.25) is 9.59 Å². The molecule has 5 nitrogen and oxygen atoms in total. The van der Waals surface area contributed by atoms with Gasteiger partial charge in [-0.1, -0.05) is 48.9 Å². The smallest absolute Gasteiger partial charge is 0.261 e. The van der Waals surface area contributed by atoms with E-state index in [-0.39, 0.29) is 25.0 Å². The van der Waals surface area contributed by atoms with Crippen LogP contribution in [0.25, 0.3) is 0 Å². The summed E-state index contributed by atoms with van der Waals surface area (Å²) in [4.78, 5) is 27.8. The second-order valence-electron chi connectivity index (χ2n) is 8.83. The molecule has 0 radical (unpaired) electrons. The van der Waals surface area contributed by atoms with E-state index in [0.717, 1.165) is 16.7 Å². The van der Waals surface area contributed by atoms with Crippen LogP contribution in [0.2, 0.25) is 5.02 Å². The number of aryl methyl sites for hydroxylation is 2. The Morgan fingerprint density at radius 2 is 1.81 bits per heavy atom. The first-order valence-corrected chi connectivity index (χ1v) is 10.9. The predicted molar refractivity (Wildman–Crippen MR) is 125 cm³/mol. The van der Waals surface area contributed by atoms with Crippen molar-refractivity contribution in [2.45, 2.75) is 66.1 Å². The molecule has 0 heterocycles. The quantitative estimate of drug-likeness (QED) is 0.619. The molecule has 0 aliphatic carbocycles. The Hall–Kier alpha value is -2.53. The molecule has 1 atom stereocenters. The van der Waals surface area contributed by atoms with Crippen molar-refractivity contribution in [1.82, 2.24) is 10.2 Å². The highest BCUT2D eigenvalue weighted by molar-refractivity contribution is 6.31. The summed E-state index contributed by atoms with van der Waals surface area (Å²) >= 11 is 6.35. The van der Waals surface area contributed by atoms with Crippen LogP contribution in [-0.4, -0.2) is 34.9 Å². The highest BCUT2D eigenvalue weighted by atomic mass is 35.5. The van der Waals surface area contributed by atoms with E-state index in [9.17, 15) is 9.59 Å². The van der Waals surface area contributed by atoms with E-state index in [0.29, 0.717) is 17.2 Å². The maximum atomic E-state index is 13.3. The summed E-state index contributed by atoms with van der Waals surface area (Å²) in [6.45, 7) is 11.6. The van der Waals surface area contributed by atoms with E-state index >= 15 is 0 Å². The van der Waals surface area contributed by atoms with Gasteiger partial charge in [-0.15, -0.1) is 0 Å². The van der Waals surface area contributed by atoms with Gasteiger partial charge in [-0.25, -0.2) is 0 Å². The number of halogens is 1. The van der Waals surface area contributed by atoms with Crippen molar-refractivity contribution in [3.8, 4) is 5.75 Å². The lowest BCUT2D eigenvalue weighted by Gasteiger charge is -2.33. The van der Waals surface area contributed by atoms with E-state index < -0.39 is 11.6 Å². The maximum Gasteiger partial charge on any atom is 0.261 e. The molecule has 0 fully saturated rings. The zero-order valence-corrected chi connectivity index (χ0v) is 20.0. The summed E-state index contributed by atoms with van der Waals surface area (Å²) in [5.41, 5.74) is 2.38. The lowest BCUT2D eigenvalue weighted by Crippen LogP contribution is -2.54. The average Bonchev–Trinajstić information content (AvgIpc) is 2.68. The number of benzene rings is 2. The third-order valence-electron chi connectivity index (χ3n) is 4.88. The molecular formula is C25H33ClN2O3. The van der Waals surface area contributed by atoms with Gasteiger partial charge < -0.3 is 15.0 Å². The summed E-state index contributed by atoms with van der Waals surface area (Å²) in [6, 6.07) is 12.6. The fourth-order valence-electron chi connectivity index (χ4n) is 3.27. The fraction of sp³-hybridized carbons (Fsp3) is 0.440. The standard InChI is InChI=1S/C25H33ClN2O3/c1-7-21(24(30)27-25(4,5)6)28(15-19-10-8-9-11-20(19)26)23(29)16-31-22-14-17(2)12-13-18(22)3/h8-14,21H,7,15-16H2,1-6H3,(H,27,30)/t21-/m0/s1. The third kappa shape index (κ3) is 7.28. The van der Waals surface area contributed by atoms with Gasteiger partial charge in [-0.05, 0) is 69.9 Å². The Kier molecular flexibility index (Phi) is 8.52. The van der Waals surface area contributed by atoms with Crippen molar-refractivity contribution in [2.75, 3.05) is 6.61 Å². The molecule has 6 heteroatoms. The number of hydrogen-bond acceptors (Lipinski definition) is 3. The molecular weight excluding hydrogens is 412 g/mol. The van der Waals surface area contributed by atoms with E-state index in [1.165, 1.54) is 0 Å². The number of ether oxygens (including phenoxy) is 1. The number of nitrogens with one attached hydrogen (secondary N) is 1. The summed E-state index contributed by atoms with van der Waals surface area (Å²) in [7, 11) is 0. The summed E-state index contributed by atoms with van der Waals surface area (Å²) in [5, 5.41) is 3.55. The van der Waals surface area contributed by atoms with Gasteiger partial charge in [0.15, 0.2) is 6.61 Å². The van der Waals surface area contributed by atoms with Crippen molar-refractivity contribution in [3.63, 3.8) is 0 Å². The highest BCUT2D eigenvalue weighted by Crippen LogP contribution is 2.22. The van der Waals surface area contributed by atoms with E-state index in [4.69, 9.17) is 16.3 Å². The molecule has 2 aromatic carbocycles. The van der Waals surface area contributed by atoms with E-state index in [2.05, 4.69) is 5.32 Å². The Morgan fingerprint density at radius 1 is 1.13 bits per heavy atom. The minimum Gasteiger partial charge on any atom is -0.483 e. The second kappa shape index (κ2) is 10.7.